The summed E-state index contributed by atoms with van der Waals surface area (Å²) in [5.74, 6) is -0.580. The number of hydrogen-bond acceptors (Lipinski definition) is 5. The minimum absolute atomic E-state index is 0.121. The zero-order chi connectivity index (χ0) is 26.5. The quantitative estimate of drug-likeness (QED) is 0.385. The number of para-hydroxylation sites is 1. The lowest BCUT2D eigenvalue weighted by molar-refractivity contribution is -0.125. The molecule has 1 aromatic heterocycles. The molecule has 5 rings (SSSR count). The number of carboxylic acids is 1. The minimum Gasteiger partial charge on any atom is -0.484 e. The average molecular weight is 533 g/mol. The second-order valence-corrected chi connectivity index (χ2v) is 11.1. The Hall–Kier alpha value is -3.65. The standard InChI is InChI=1S/C30H32N2O5S/c33-27(19-37-23-14-8-3-9-15-23)31-22-16-24(20-10-4-1-5-11-20)32(28(34)17-22)25-18-26(38-29(25)30(35)36)21-12-6-2-7-13-21/h2-3,6-9,12-15,18,20,22,24H,1,4-5,10-11,16-17,19H2,(H,31,33)(H,35,36)/t22-,24?/m0/s1. The molecule has 1 unspecified atom stereocenters. The van der Waals surface area contributed by atoms with Crippen LogP contribution in [0.4, 0.5) is 5.69 Å². The molecule has 0 bridgehead atoms. The molecule has 198 valence electrons. The molecule has 2 heterocycles. The van der Waals surface area contributed by atoms with Crippen LogP contribution < -0.4 is 15.0 Å². The first kappa shape index (κ1) is 26.0. The van der Waals surface area contributed by atoms with E-state index in [2.05, 4.69) is 5.32 Å². The maximum absolute atomic E-state index is 13.7. The van der Waals surface area contributed by atoms with Gasteiger partial charge in [0.15, 0.2) is 6.61 Å². The van der Waals surface area contributed by atoms with E-state index in [1.54, 1.807) is 17.0 Å². The van der Waals surface area contributed by atoms with Crippen molar-refractivity contribution in [2.24, 2.45) is 5.92 Å². The van der Waals surface area contributed by atoms with Crippen molar-refractivity contribution in [3.05, 3.63) is 71.6 Å². The Kier molecular flexibility index (Phi) is 8.08. The number of carbonyl (C=O) groups is 3. The zero-order valence-corrected chi connectivity index (χ0v) is 22.0. The number of amides is 2. The van der Waals surface area contributed by atoms with Gasteiger partial charge in [0.2, 0.25) is 5.91 Å². The fraction of sp³-hybridized carbons (Fsp3) is 0.367. The lowest BCUT2D eigenvalue weighted by Gasteiger charge is -2.44. The maximum atomic E-state index is 13.7. The topological polar surface area (TPSA) is 95.9 Å². The normalized spacial score (nSPS) is 20.2. The molecule has 2 aliphatic rings. The molecule has 0 radical (unpaired) electrons. The summed E-state index contributed by atoms with van der Waals surface area (Å²) in [5.41, 5.74) is 1.40. The smallest absolute Gasteiger partial charge is 0.348 e. The van der Waals surface area contributed by atoms with E-state index >= 15 is 0 Å². The molecule has 2 aromatic carbocycles. The van der Waals surface area contributed by atoms with Crippen LogP contribution in [0, 0.1) is 5.92 Å². The van der Waals surface area contributed by atoms with Gasteiger partial charge in [0.1, 0.15) is 10.6 Å². The van der Waals surface area contributed by atoms with Crippen molar-refractivity contribution in [3.8, 4) is 16.2 Å². The summed E-state index contributed by atoms with van der Waals surface area (Å²) in [7, 11) is 0. The Morgan fingerprint density at radius 1 is 1.00 bits per heavy atom. The third-order valence-corrected chi connectivity index (χ3v) is 8.61. The van der Waals surface area contributed by atoms with Crippen LogP contribution in [0.15, 0.2) is 66.7 Å². The highest BCUT2D eigenvalue weighted by Gasteiger charge is 2.41. The van der Waals surface area contributed by atoms with E-state index in [1.807, 2.05) is 54.6 Å². The molecule has 1 saturated heterocycles. The highest BCUT2D eigenvalue weighted by atomic mass is 32.1. The van der Waals surface area contributed by atoms with Crippen LogP contribution in [0.1, 0.15) is 54.6 Å². The predicted octanol–water partition coefficient (Wildman–Crippen LogP) is 5.75. The molecule has 1 aliphatic carbocycles. The highest BCUT2D eigenvalue weighted by Crippen LogP contribution is 2.43. The van der Waals surface area contributed by atoms with Gasteiger partial charge in [0, 0.05) is 23.4 Å². The van der Waals surface area contributed by atoms with E-state index in [0.717, 1.165) is 36.1 Å². The first-order valence-electron chi connectivity index (χ1n) is 13.2. The largest absolute Gasteiger partial charge is 0.484 e. The molecule has 7 nitrogen and oxygen atoms in total. The van der Waals surface area contributed by atoms with Gasteiger partial charge in [-0.05, 0) is 48.9 Å². The number of carboxylic acid groups (broad SMARTS) is 1. The van der Waals surface area contributed by atoms with Crippen LogP contribution in [0.25, 0.3) is 10.4 Å². The van der Waals surface area contributed by atoms with Crippen molar-refractivity contribution in [1.82, 2.24) is 5.32 Å². The van der Waals surface area contributed by atoms with Crippen LogP contribution in [-0.4, -0.2) is 41.6 Å². The zero-order valence-electron chi connectivity index (χ0n) is 21.2. The van der Waals surface area contributed by atoms with E-state index in [0.29, 0.717) is 17.9 Å². The number of thiophene rings is 1. The van der Waals surface area contributed by atoms with Crippen molar-refractivity contribution in [2.45, 2.75) is 57.0 Å². The predicted molar refractivity (Wildman–Crippen MR) is 148 cm³/mol. The van der Waals surface area contributed by atoms with Crippen LogP contribution >= 0.6 is 11.3 Å². The second-order valence-electron chi connectivity index (χ2n) is 10.0. The van der Waals surface area contributed by atoms with Gasteiger partial charge in [-0.2, -0.15) is 0 Å². The lowest BCUT2D eigenvalue weighted by Crippen LogP contribution is -2.56. The molecular formula is C30H32N2O5S. The van der Waals surface area contributed by atoms with Gasteiger partial charge in [-0.1, -0.05) is 67.8 Å². The van der Waals surface area contributed by atoms with E-state index in [9.17, 15) is 19.5 Å². The number of carbonyl (C=O) groups excluding carboxylic acids is 2. The van der Waals surface area contributed by atoms with Gasteiger partial charge in [0.25, 0.3) is 5.91 Å². The number of nitrogens with zero attached hydrogens (tertiary/aromatic N) is 1. The van der Waals surface area contributed by atoms with Gasteiger partial charge in [-0.15, -0.1) is 11.3 Å². The van der Waals surface area contributed by atoms with Crippen molar-refractivity contribution in [1.29, 1.82) is 0 Å². The van der Waals surface area contributed by atoms with Gasteiger partial charge in [-0.25, -0.2) is 4.79 Å². The number of piperidine rings is 1. The molecule has 1 saturated carbocycles. The Balaban J connectivity index is 1.38. The molecule has 3 aromatic rings. The SMILES string of the molecule is O=C(COc1ccccc1)N[C@@H]1CC(=O)N(c2cc(-c3ccccc3)sc2C(=O)O)C(C2CCCCC2)C1. The maximum Gasteiger partial charge on any atom is 0.348 e. The number of rotatable bonds is 8. The third kappa shape index (κ3) is 5.91. The fourth-order valence-electron chi connectivity index (χ4n) is 5.71. The van der Waals surface area contributed by atoms with E-state index in [4.69, 9.17) is 4.74 Å². The summed E-state index contributed by atoms with van der Waals surface area (Å²) in [6.45, 7) is -0.124. The molecule has 2 fully saturated rings. The van der Waals surface area contributed by atoms with Crippen LogP contribution in [0.5, 0.6) is 5.75 Å². The van der Waals surface area contributed by atoms with Gasteiger partial charge in [0.05, 0.1) is 5.69 Å². The number of hydrogen-bond donors (Lipinski definition) is 2. The summed E-state index contributed by atoms with van der Waals surface area (Å²) in [6.07, 6.45) is 6.05. The van der Waals surface area contributed by atoms with E-state index in [-0.39, 0.29) is 47.7 Å². The Labute approximate surface area is 226 Å². The Morgan fingerprint density at radius 2 is 1.68 bits per heavy atom. The molecule has 38 heavy (non-hydrogen) atoms. The van der Waals surface area contributed by atoms with Crippen LogP contribution in [0.2, 0.25) is 0 Å². The molecular weight excluding hydrogens is 500 g/mol. The summed E-state index contributed by atoms with van der Waals surface area (Å²) >= 11 is 1.20. The molecule has 0 spiro atoms. The Bertz CT molecular complexity index is 1270. The van der Waals surface area contributed by atoms with E-state index in [1.165, 1.54) is 17.8 Å². The minimum atomic E-state index is -1.03. The van der Waals surface area contributed by atoms with Crippen LogP contribution in [-0.2, 0) is 9.59 Å². The van der Waals surface area contributed by atoms with Crippen molar-refractivity contribution in [2.75, 3.05) is 11.5 Å². The van der Waals surface area contributed by atoms with Crippen molar-refractivity contribution >= 4 is 34.8 Å². The monoisotopic (exact) mass is 532 g/mol. The van der Waals surface area contributed by atoms with Crippen molar-refractivity contribution in [3.63, 3.8) is 0 Å². The number of ether oxygens (including phenoxy) is 1. The number of nitrogens with one attached hydrogen (secondary N) is 1. The summed E-state index contributed by atoms with van der Waals surface area (Å²) in [6, 6.07) is 20.1. The molecule has 2 N–H and O–H groups in total. The van der Waals surface area contributed by atoms with Crippen LogP contribution in [0.3, 0.4) is 0 Å². The summed E-state index contributed by atoms with van der Waals surface area (Å²) in [5, 5.41) is 13.1. The molecule has 8 heteroatoms. The lowest BCUT2D eigenvalue weighted by atomic mass is 9.78. The fourth-order valence-corrected chi connectivity index (χ4v) is 6.71. The number of benzene rings is 2. The highest BCUT2D eigenvalue weighted by molar-refractivity contribution is 7.18. The van der Waals surface area contributed by atoms with Gasteiger partial charge < -0.3 is 20.1 Å². The number of anilines is 1. The molecule has 2 amide bonds. The van der Waals surface area contributed by atoms with E-state index < -0.39 is 5.97 Å². The van der Waals surface area contributed by atoms with Gasteiger partial charge >= 0.3 is 5.97 Å². The first-order chi connectivity index (χ1) is 18.5. The molecule has 2 atom stereocenters. The number of aromatic carboxylic acids is 1. The average Bonchev–Trinajstić information content (AvgIpc) is 3.39. The summed E-state index contributed by atoms with van der Waals surface area (Å²) < 4.78 is 5.59. The third-order valence-electron chi connectivity index (χ3n) is 7.44. The Morgan fingerprint density at radius 3 is 2.37 bits per heavy atom. The first-order valence-corrected chi connectivity index (χ1v) is 14.0. The second kappa shape index (κ2) is 11.8. The summed E-state index contributed by atoms with van der Waals surface area (Å²) in [4.78, 5) is 41.4. The van der Waals surface area contributed by atoms with Crippen molar-refractivity contribution < 1.29 is 24.2 Å². The molecule has 1 aliphatic heterocycles. The van der Waals surface area contributed by atoms with Gasteiger partial charge in [-0.3, -0.25) is 9.59 Å².